The number of benzene rings is 1. The Hall–Kier alpha value is -2.70. The summed E-state index contributed by atoms with van der Waals surface area (Å²) in [4.78, 5) is 25.3. The summed E-state index contributed by atoms with van der Waals surface area (Å²) in [6, 6.07) is 6.73. The Bertz CT molecular complexity index is 843. The normalized spacial score (nSPS) is 14.9. The standard InChI is InChI=1S/C21H29N5O2/c1-14(2)19(23-20(27)16-9-7-8-15(3)12-16)21(28)22-13-18-25-24-17-10-5-4-6-11-26(17)18/h7-9,12,14,19H,4-6,10-11,13H2,1-3H3,(H,22,28)(H,23,27). The van der Waals surface area contributed by atoms with Gasteiger partial charge in [-0.25, -0.2) is 0 Å². The summed E-state index contributed by atoms with van der Waals surface area (Å²) in [6.45, 7) is 6.99. The Kier molecular flexibility index (Phi) is 6.44. The minimum absolute atomic E-state index is 0.0377. The van der Waals surface area contributed by atoms with Gasteiger partial charge in [0, 0.05) is 18.5 Å². The second kappa shape index (κ2) is 8.99. The summed E-state index contributed by atoms with van der Waals surface area (Å²) in [5, 5.41) is 14.3. The number of carbonyl (C=O) groups is 2. The number of fused-ring (bicyclic) bond motifs is 1. The predicted molar refractivity (Wildman–Crippen MR) is 107 cm³/mol. The van der Waals surface area contributed by atoms with Crippen LogP contribution < -0.4 is 10.6 Å². The molecule has 1 atom stereocenters. The van der Waals surface area contributed by atoms with Crippen LogP contribution in [0, 0.1) is 12.8 Å². The highest BCUT2D eigenvalue weighted by molar-refractivity contribution is 5.97. The number of hydrogen-bond donors (Lipinski definition) is 2. The SMILES string of the molecule is Cc1cccc(C(=O)NC(C(=O)NCc2nnc3n2CCCCC3)C(C)C)c1. The number of aryl methyl sites for hydroxylation is 2. The molecule has 1 unspecified atom stereocenters. The van der Waals surface area contributed by atoms with E-state index >= 15 is 0 Å². The van der Waals surface area contributed by atoms with Crippen molar-refractivity contribution in [1.82, 2.24) is 25.4 Å². The van der Waals surface area contributed by atoms with Crippen LogP contribution >= 0.6 is 0 Å². The molecule has 2 aromatic rings. The van der Waals surface area contributed by atoms with Crippen LogP contribution in [-0.2, 0) is 24.3 Å². The average molecular weight is 383 g/mol. The first-order valence-electron chi connectivity index (χ1n) is 10.0. The quantitative estimate of drug-likeness (QED) is 0.802. The van der Waals surface area contributed by atoms with Gasteiger partial charge in [-0.15, -0.1) is 10.2 Å². The third-order valence-corrected chi connectivity index (χ3v) is 5.12. The van der Waals surface area contributed by atoms with Crippen LogP contribution in [0.3, 0.4) is 0 Å². The largest absolute Gasteiger partial charge is 0.347 e. The van der Waals surface area contributed by atoms with E-state index in [9.17, 15) is 9.59 Å². The van der Waals surface area contributed by atoms with E-state index in [0.29, 0.717) is 12.1 Å². The Labute approximate surface area is 165 Å². The summed E-state index contributed by atoms with van der Waals surface area (Å²) in [7, 11) is 0. The number of rotatable bonds is 6. The van der Waals surface area contributed by atoms with Gasteiger partial charge in [-0.2, -0.15) is 0 Å². The zero-order chi connectivity index (χ0) is 20.1. The summed E-state index contributed by atoms with van der Waals surface area (Å²) in [5.74, 6) is 1.29. The summed E-state index contributed by atoms with van der Waals surface area (Å²) in [5.41, 5.74) is 1.56. The molecule has 0 saturated carbocycles. The van der Waals surface area contributed by atoms with Gasteiger partial charge in [-0.1, -0.05) is 38.0 Å². The zero-order valence-corrected chi connectivity index (χ0v) is 16.9. The van der Waals surface area contributed by atoms with Crippen molar-refractivity contribution in [2.75, 3.05) is 0 Å². The lowest BCUT2D eigenvalue weighted by atomic mass is 10.0. The topological polar surface area (TPSA) is 88.9 Å². The van der Waals surface area contributed by atoms with Crippen molar-refractivity contribution >= 4 is 11.8 Å². The van der Waals surface area contributed by atoms with E-state index in [1.165, 1.54) is 6.42 Å². The molecule has 3 rings (SSSR count). The van der Waals surface area contributed by atoms with E-state index in [1.807, 2.05) is 39.0 Å². The second-order valence-corrected chi connectivity index (χ2v) is 7.78. The van der Waals surface area contributed by atoms with Crippen LogP contribution in [0.15, 0.2) is 24.3 Å². The molecule has 28 heavy (non-hydrogen) atoms. The molecular formula is C21H29N5O2. The third kappa shape index (κ3) is 4.77. The van der Waals surface area contributed by atoms with Crippen LogP contribution in [0.1, 0.15) is 60.7 Å². The Morgan fingerprint density at radius 3 is 2.75 bits per heavy atom. The van der Waals surface area contributed by atoms with E-state index in [0.717, 1.165) is 43.0 Å². The van der Waals surface area contributed by atoms with E-state index in [1.54, 1.807) is 6.07 Å². The lowest BCUT2D eigenvalue weighted by Crippen LogP contribution is -2.49. The number of nitrogens with one attached hydrogen (secondary N) is 2. The first kappa shape index (κ1) is 20.0. The molecule has 150 valence electrons. The van der Waals surface area contributed by atoms with Gasteiger partial charge < -0.3 is 15.2 Å². The fraction of sp³-hybridized carbons (Fsp3) is 0.524. The van der Waals surface area contributed by atoms with E-state index < -0.39 is 6.04 Å². The molecule has 0 fully saturated rings. The van der Waals surface area contributed by atoms with Crippen molar-refractivity contribution < 1.29 is 9.59 Å². The second-order valence-electron chi connectivity index (χ2n) is 7.78. The van der Waals surface area contributed by atoms with Crippen LogP contribution in [0.25, 0.3) is 0 Å². The minimum atomic E-state index is -0.612. The molecule has 0 bridgehead atoms. The van der Waals surface area contributed by atoms with Crippen molar-refractivity contribution in [3.63, 3.8) is 0 Å². The number of carbonyl (C=O) groups excluding carboxylic acids is 2. The molecule has 1 aliphatic rings. The van der Waals surface area contributed by atoms with Gasteiger partial charge in [0.2, 0.25) is 5.91 Å². The first-order valence-corrected chi connectivity index (χ1v) is 10.0. The Morgan fingerprint density at radius 2 is 2.00 bits per heavy atom. The molecule has 1 aromatic carbocycles. The predicted octanol–water partition coefficient (Wildman–Crippen LogP) is 2.38. The Balaban J connectivity index is 1.64. The van der Waals surface area contributed by atoms with Gasteiger partial charge in [-0.05, 0) is 37.8 Å². The molecule has 2 heterocycles. The molecule has 0 radical (unpaired) electrons. The zero-order valence-electron chi connectivity index (χ0n) is 16.9. The van der Waals surface area contributed by atoms with E-state index in [2.05, 4.69) is 25.4 Å². The molecule has 0 saturated heterocycles. The molecule has 2 N–H and O–H groups in total. The van der Waals surface area contributed by atoms with Crippen LogP contribution in [0.2, 0.25) is 0 Å². The Morgan fingerprint density at radius 1 is 1.18 bits per heavy atom. The van der Waals surface area contributed by atoms with Crippen molar-refractivity contribution in [3.05, 3.63) is 47.0 Å². The lowest BCUT2D eigenvalue weighted by molar-refractivity contribution is -0.124. The van der Waals surface area contributed by atoms with Crippen LogP contribution in [0.5, 0.6) is 0 Å². The van der Waals surface area contributed by atoms with Crippen molar-refractivity contribution in [3.8, 4) is 0 Å². The lowest BCUT2D eigenvalue weighted by Gasteiger charge is -2.22. The third-order valence-electron chi connectivity index (χ3n) is 5.12. The highest BCUT2D eigenvalue weighted by atomic mass is 16.2. The summed E-state index contributed by atoms with van der Waals surface area (Å²) >= 11 is 0. The summed E-state index contributed by atoms with van der Waals surface area (Å²) < 4.78 is 2.11. The highest BCUT2D eigenvalue weighted by Gasteiger charge is 2.25. The fourth-order valence-electron chi connectivity index (χ4n) is 3.50. The van der Waals surface area contributed by atoms with Gasteiger partial charge in [-0.3, -0.25) is 9.59 Å². The maximum absolute atomic E-state index is 12.8. The van der Waals surface area contributed by atoms with Crippen LogP contribution in [0.4, 0.5) is 0 Å². The molecule has 0 aliphatic carbocycles. The van der Waals surface area contributed by atoms with Crippen molar-refractivity contribution in [1.29, 1.82) is 0 Å². The molecule has 7 nitrogen and oxygen atoms in total. The molecule has 1 aliphatic heterocycles. The maximum atomic E-state index is 12.8. The number of aromatic nitrogens is 3. The monoisotopic (exact) mass is 383 g/mol. The average Bonchev–Trinajstić information content (AvgIpc) is 2.89. The summed E-state index contributed by atoms with van der Waals surface area (Å²) in [6.07, 6.45) is 4.36. The van der Waals surface area contributed by atoms with E-state index in [4.69, 9.17) is 0 Å². The van der Waals surface area contributed by atoms with Gasteiger partial charge in [0.15, 0.2) is 5.82 Å². The van der Waals surface area contributed by atoms with Gasteiger partial charge in [0.25, 0.3) is 5.91 Å². The van der Waals surface area contributed by atoms with Crippen molar-refractivity contribution in [2.45, 2.75) is 65.6 Å². The highest BCUT2D eigenvalue weighted by Crippen LogP contribution is 2.14. The molecule has 0 spiro atoms. The molecular weight excluding hydrogens is 354 g/mol. The molecule has 1 aromatic heterocycles. The maximum Gasteiger partial charge on any atom is 0.251 e. The van der Waals surface area contributed by atoms with E-state index in [-0.39, 0.29) is 17.7 Å². The smallest absolute Gasteiger partial charge is 0.251 e. The first-order chi connectivity index (χ1) is 13.5. The van der Waals surface area contributed by atoms with Gasteiger partial charge >= 0.3 is 0 Å². The van der Waals surface area contributed by atoms with Gasteiger partial charge in [0.1, 0.15) is 11.9 Å². The molecule has 7 heteroatoms. The van der Waals surface area contributed by atoms with Gasteiger partial charge in [0.05, 0.1) is 6.54 Å². The number of amides is 2. The minimum Gasteiger partial charge on any atom is -0.347 e. The van der Waals surface area contributed by atoms with Crippen LogP contribution in [-0.4, -0.2) is 32.6 Å². The molecule has 2 amide bonds. The number of nitrogens with zero attached hydrogens (tertiary/aromatic N) is 3. The van der Waals surface area contributed by atoms with Crippen molar-refractivity contribution in [2.24, 2.45) is 5.92 Å². The number of hydrogen-bond acceptors (Lipinski definition) is 4. The fourth-order valence-corrected chi connectivity index (χ4v) is 3.50.